The van der Waals surface area contributed by atoms with Gasteiger partial charge in [-0.3, -0.25) is 0 Å². The van der Waals surface area contributed by atoms with Crippen LogP contribution in [0.25, 0.3) is 0 Å². The van der Waals surface area contributed by atoms with Gasteiger partial charge in [-0.1, -0.05) is 279 Å². The Labute approximate surface area is 302 Å². The van der Waals surface area contributed by atoms with Crippen LogP contribution < -0.4 is 0 Å². The van der Waals surface area contributed by atoms with Gasteiger partial charge in [0.15, 0.2) is 0 Å². The quantitative estimate of drug-likeness (QED) is 0.0574. The fourth-order valence-corrected chi connectivity index (χ4v) is 7.92. The van der Waals surface area contributed by atoms with Gasteiger partial charge in [-0.05, 0) is 23.7 Å². The van der Waals surface area contributed by atoms with Crippen molar-refractivity contribution in [2.75, 3.05) is 0 Å². The Morgan fingerprint density at radius 1 is 0.213 bits per heavy atom. The van der Waals surface area contributed by atoms with Crippen molar-refractivity contribution < 1.29 is 0 Å². The highest BCUT2D eigenvalue weighted by Crippen LogP contribution is 2.23. The first-order chi connectivity index (χ1) is 23.0. The largest absolute Gasteiger partial charge is 0.0654 e. The predicted octanol–water partition coefficient (Wildman–Crippen LogP) is 18.0. The van der Waals surface area contributed by atoms with Crippen LogP contribution in [0, 0.1) is 23.7 Å². The summed E-state index contributed by atoms with van der Waals surface area (Å²) < 4.78 is 0. The summed E-state index contributed by atoms with van der Waals surface area (Å²) in [4.78, 5) is 0. The lowest BCUT2D eigenvalue weighted by Crippen LogP contribution is -2.01. The van der Waals surface area contributed by atoms with E-state index in [9.17, 15) is 0 Å². The Balaban J connectivity index is 3.25. The first-order valence-electron chi connectivity index (χ1n) is 23.0. The van der Waals surface area contributed by atoms with E-state index in [0.29, 0.717) is 0 Å². The second-order valence-corrected chi connectivity index (χ2v) is 17.5. The van der Waals surface area contributed by atoms with Crippen LogP contribution in [-0.2, 0) is 0 Å². The third-order valence-electron chi connectivity index (χ3n) is 11.6. The minimum absolute atomic E-state index is 0.878. The van der Waals surface area contributed by atoms with E-state index >= 15 is 0 Å². The van der Waals surface area contributed by atoms with E-state index in [2.05, 4.69) is 41.5 Å². The molecule has 0 radical (unpaired) electrons. The molecule has 0 nitrogen and oxygen atoms in total. The topological polar surface area (TPSA) is 0 Å². The lowest BCUT2D eigenvalue weighted by atomic mass is 9.91. The second-order valence-electron chi connectivity index (χ2n) is 17.5. The Morgan fingerprint density at radius 3 is 0.660 bits per heavy atom. The summed E-state index contributed by atoms with van der Waals surface area (Å²) in [6.45, 7) is 14.5. The zero-order chi connectivity index (χ0) is 34.5. The summed E-state index contributed by atoms with van der Waals surface area (Å²) in [5.74, 6) is 3.71. The van der Waals surface area contributed by atoms with Crippen LogP contribution in [0.15, 0.2) is 0 Å². The molecule has 3 unspecified atom stereocenters. The molecule has 0 aliphatic rings. The van der Waals surface area contributed by atoms with Crippen LogP contribution in [0.4, 0.5) is 0 Å². The summed E-state index contributed by atoms with van der Waals surface area (Å²) in [5.41, 5.74) is 0. The van der Waals surface area contributed by atoms with Gasteiger partial charge in [0.05, 0.1) is 0 Å². The molecular weight excluding hydrogens is 565 g/mol. The zero-order valence-electron chi connectivity index (χ0n) is 34.5. The van der Waals surface area contributed by atoms with Gasteiger partial charge in [-0.15, -0.1) is 0 Å². The third-order valence-corrected chi connectivity index (χ3v) is 11.6. The van der Waals surface area contributed by atoms with Crippen LogP contribution in [0.1, 0.15) is 279 Å². The molecule has 0 aliphatic carbocycles. The Bertz CT molecular complexity index is 548. The Kier molecular flexibility index (Phi) is 38.8. The Morgan fingerprint density at radius 2 is 0.404 bits per heavy atom. The molecule has 0 aliphatic heterocycles. The molecule has 0 aromatic heterocycles. The summed E-state index contributed by atoms with van der Waals surface area (Å²) in [5, 5.41) is 0. The lowest BCUT2D eigenvalue weighted by molar-refractivity contribution is 0.377. The van der Waals surface area contributed by atoms with Crippen molar-refractivity contribution in [1.29, 1.82) is 0 Å². The number of unbranched alkanes of at least 4 members (excludes halogenated alkanes) is 26. The van der Waals surface area contributed by atoms with E-state index in [4.69, 9.17) is 0 Å². The van der Waals surface area contributed by atoms with Gasteiger partial charge >= 0.3 is 0 Å². The molecule has 0 amide bonds. The van der Waals surface area contributed by atoms with Crippen molar-refractivity contribution in [3.05, 3.63) is 0 Å². The van der Waals surface area contributed by atoms with Gasteiger partial charge in [0.2, 0.25) is 0 Å². The maximum Gasteiger partial charge on any atom is -0.0443 e. The summed E-state index contributed by atoms with van der Waals surface area (Å²) in [7, 11) is 0. The minimum Gasteiger partial charge on any atom is -0.0654 e. The summed E-state index contributed by atoms with van der Waals surface area (Å²) >= 11 is 0. The molecular formula is C47H96. The summed E-state index contributed by atoms with van der Waals surface area (Å²) in [6, 6.07) is 0. The van der Waals surface area contributed by atoms with Gasteiger partial charge in [0, 0.05) is 0 Å². The van der Waals surface area contributed by atoms with E-state index in [1.54, 1.807) is 0 Å². The molecule has 0 rings (SSSR count). The van der Waals surface area contributed by atoms with Gasteiger partial charge in [-0.25, -0.2) is 0 Å². The smallest absolute Gasteiger partial charge is 0.0443 e. The highest BCUT2D eigenvalue weighted by Gasteiger charge is 2.08. The van der Waals surface area contributed by atoms with Gasteiger partial charge in [-0.2, -0.15) is 0 Å². The van der Waals surface area contributed by atoms with Crippen molar-refractivity contribution in [3.63, 3.8) is 0 Å². The molecule has 284 valence electrons. The highest BCUT2D eigenvalue weighted by atomic mass is 14.1. The summed E-state index contributed by atoms with van der Waals surface area (Å²) in [6.07, 6.45) is 54.6. The molecule has 3 atom stereocenters. The second kappa shape index (κ2) is 38.8. The number of hydrogen-bond donors (Lipinski definition) is 0. The zero-order valence-corrected chi connectivity index (χ0v) is 34.5. The van der Waals surface area contributed by atoms with E-state index < -0.39 is 0 Å². The number of rotatable bonds is 40. The van der Waals surface area contributed by atoms with Crippen LogP contribution in [-0.4, -0.2) is 0 Å². The van der Waals surface area contributed by atoms with Gasteiger partial charge < -0.3 is 0 Å². The molecule has 0 heterocycles. The fourth-order valence-electron chi connectivity index (χ4n) is 7.92. The normalized spacial score (nSPS) is 13.9. The molecule has 0 saturated carbocycles. The van der Waals surface area contributed by atoms with Crippen LogP contribution in [0.5, 0.6) is 0 Å². The molecule has 0 bridgehead atoms. The van der Waals surface area contributed by atoms with Crippen LogP contribution >= 0.6 is 0 Å². The SMILES string of the molecule is CCCCCCCCCCCCCCCCCCCCCCCCCCCCC(C)CCCCC(C)CCCC(C)CCCC(C)C. The molecule has 0 N–H and O–H groups in total. The van der Waals surface area contributed by atoms with E-state index in [1.165, 1.54) is 238 Å². The molecule has 0 spiro atoms. The van der Waals surface area contributed by atoms with Crippen molar-refractivity contribution in [3.8, 4) is 0 Å². The highest BCUT2D eigenvalue weighted by molar-refractivity contribution is 4.61. The molecule has 0 heteroatoms. The van der Waals surface area contributed by atoms with E-state index in [1.807, 2.05) is 0 Å². The van der Waals surface area contributed by atoms with Crippen LogP contribution in [0.3, 0.4) is 0 Å². The first-order valence-corrected chi connectivity index (χ1v) is 23.0. The van der Waals surface area contributed by atoms with Crippen LogP contribution in [0.2, 0.25) is 0 Å². The number of hydrogen-bond acceptors (Lipinski definition) is 0. The molecule has 47 heavy (non-hydrogen) atoms. The maximum absolute atomic E-state index is 2.52. The predicted molar refractivity (Wildman–Crippen MR) is 219 cm³/mol. The average Bonchev–Trinajstić information content (AvgIpc) is 3.04. The van der Waals surface area contributed by atoms with E-state index in [-0.39, 0.29) is 0 Å². The maximum atomic E-state index is 2.52. The Hall–Kier alpha value is 0. The molecule has 0 fully saturated rings. The fraction of sp³-hybridized carbons (Fsp3) is 1.00. The standard InChI is InChI=1S/C47H96/c1-7-8-9-10-11-12-13-14-15-16-17-18-19-20-21-22-23-24-25-26-27-28-29-30-31-32-38-45(4)39-33-34-40-46(5)42-36-43-47(6)41-35-37-44(2)3/h44-47H,7-43H2,1-6H3. The molecule has 0 aromatic carbocycles. The van der Waals surface area contributed by atoms with Gasteiger partial charge in [0.1, 0.15) is 0 Å². The van der Waals surface area contributed by atoms with Crippen molar-refractivity contribution in [2.45, 2.75) is 279 Å². The minimum atomic E-state index is 0.878. The monoisotopic (exact) mass is 661 g/mol. The van der Waals surface area contributed by atoms with Crippen molar-refractivity contribution in [2.24, 2.45) is 23.7 Å². The molecule has 0 saturated heterocycles. The van der Waals surface area contributed by atoms with Crippen molar-refractivity contribution >= 4 is 0 Å². The van der Waals surface area contributed by atoms with Crippen molar-refractivity contribution in [1.82, 2.24) is 0 Å². The lowest BCUT2D eigenvalue weighted by Gasteiger charge is -2.16. The molecule has 0 aromatic rings. The van der Waals surface area contributed by atoms with Gasteiger partial charge in [0.25, 0.3) is 0 Å². The van der Waals surface area contributed by atoms with E-state index in [0.717, 1.165) is 23.7 Å². The third kappa shape index (κ3) is 40.3. The average molecular weight is 661 g/mol. The first kappa shape index (κ1) is 47.0.